The van der Waals surface area contributed by atoms with Gasteiger partial charge in [0.05, 0.1) is 0 Å². The molecule has 2 unspecified atom stereocenters. The topological polar surface area (TPSA) is 15.3 Å². The summed E-state index contributed by atoms with van der Waals surface area (Å²) < 4.78 is 0. The molecule has 0 bridgehead atoms. The zero-order valence-corrected chi connectivity index (χ0v) is 13.5. The molecule has 2 atom stereocenters. The van der Waals surface area contributed by atoms with Gasteiger partial charge in [0.1, 0.15) is 0 Å². The SMILES string of the molecule is CCCCCC(C)(C)CN1CC(C2CC2)NCC1C. The van der Waals surface area contributed by atoms with Gasteiger partial charge in [-0.05, 0) is 37.5 Å². The zero-order chi connectivity index (χ0) is 13.9. The normalized spacial score (nSPS) is 29.7. The van der Waals surface area contributed by atoms with Gasteiger partial charge in [0, 0.05) is 31.7 Å². The van der Waals surface area contributed by atoms with Gasteiger partial charge in [0.15, 0.2) is 0 Å². The standard InChI is InChI=1S/C17H34N2/c1-5-6-7-10-17(3,4)13-19-12-16(15-8-9-15)18-11-14(19)2/h14-16,18H,5-13H2,1-4H3. The van der Waals surface area contributed by atoms with Gasteiger partial charge in [0.2, 0.25) is 0 Å². The largest absolute Gasteiger partial charge is 0.311 e. The van der Waals surface area contributed by atoms with Gasteiger partial charge in [-0.15, -0.1) is 0 Å². The minimum Gasteiger partial charge on any atom is -0.311 e. The van der Waals surface area contributed by atoms with Gasteiger partial charge in [-0.3, -0.25) is 4.90 Å². The summed E-state index contributed by atoms with van der Waals surface area (Å²) in [5, 5.41) is 3.76. The van der Waals surface area contributed by atoms with Crippen molar-refractivity contribution >= 4 is 0 Å². The van der Waals surface area contributed by atoms with Crippen LogP contribution in [0, 0.1) is 11.3 Å². The Bertz CT molecular complexity index is 270. The van der Waals surface area contributed by atoms with Crippen LogP contribution in [0.15, 0.2) is 0 Å². The van der Waals surface area contributed by atoms with Crippen LogP contribution in [0.25, 0.3) is 0 Å². The zero-order valence-electron chi connectivity index (χ0n) is 13.5. The van der Waals surface area contributed by atoms with E-state index in [1.54, 1.807) is 0 Å². The van der Waals surface area contributed by atoms with Crippen LogP contribution >= 0.6 is 0 Å². The number of hydrogen-bond donors (Lipinski definition) is 1. The molecule has 2 nitrogen and oxygen atoms in total. The Hall–Kier alpha value is -0.0800. The lowest BCUT2D eigenvalue weighted by molar-refractivity contribution is 0.0823. The first-order valence-corrected chi connectivity index (χ1v) is 8.49. The van der Waals surface area contributed by atoms with Crippen LogP contribution in [0.5, 0.6) is 0 Å². The van der Waals surface area contributed by atoms with E-state index in [0.29, 0.717) is 11.5 Å². The number of rotatable bonds is 7. The van der Waals surface area contributed by atoms with Crippen molar-refractivity contribution in [3.05, 3.63) is 0 Å². The summed E-state index contributed by atoms with van der Waals surface area (Å²) in [7, 11) is 0. The second kappa shape index (κ2) is 6.58. The molecule has 2 rings (SSSR count). The molecule has 1 saturated heterocycles. The summed E-state index contributed by atoms with van der Waals surface area (Å²) in [6, 6.07) is 1.49. The average Bonchev–Trinajstić information content (AvgIpc) is 3.16. The lowest BCUT2D eigenvalue weighted by Crippen LogP contribution is -2.57. The van der Waals surface area contributed by atoms with Crippen molar-refractivity contribution in [3.8, 4) is 0 Å². The summed E-state index contributed by atoms with van der Waals surface area (Å²) in [5.74, 6) is 0.984. The molecule has 0 aromatic carbocycles. The number of piperazine rings is 1. The second-order valence-electron chi connectivity index (χ2n) is 7.75. The number of hydrogen-bond acceptors (Lipinski definition) is 2. The molecule has 1 aliphatic heterocycles. The van der Waals surface area contributed by atoms with Crippen molar-refractivity contribution in [2.45, 2.75) is 78.3 Å². The Morgan fingerprint density at radius 2 is 1.95 bits per heavy atom. The average molecular weight is 266 g/mol. The van der Waals surface area contributed by atoms with Crippen LogP contribution in [-0.2, 0) is 0 Å². The van der Waals surface area contributed by atoms with E-state index in [4.69, 9.17) is 0 Å². The van der Waals surface area contributed by atoms with Gasteiger partial charge >= 0.3 is 0 Å². The molecule has 0 amide bonds. The molecule has 19 heavy (non-hydrogen) atoms. The van der Waals surface area contributed by atoms with Gasteiger partial charge in [-0.25, -0.2) is 0 Å². The molecule has 2 fully saturated rings. The minimum absolute atomic E-state index is 0.481. The van der Waals surface area contributed by atoms with Crippen LogP contribution in [0.2, 0.25) is 0 Å². The fraction of sp³-hybridized carbons (Fsp3) is 1.00. The Morgan fingerprint density at radius 3 is 2.58 bits per heavy atom. The van der Waals surface area contributed by atoms with Crippen molar-refractivity contribution in [1.29, 1.82) is 0 Å². The third kappa shape index (κ3) is 4.75. The molecule has 2 aliphatic rings. The van der Waals surface area contributed by atoms with Crippen molar-refractivity contribution in [3.63, 3.8) is 0 Å². The van der Waals surface area contributed by atoms with E-state index in [-0.39, 0.29) is 0 Å². The highest BCUT2D eigenvalue weighted by Gasteiger charge is 2.37. The molecule has 0 aromatic heterocycles. The molecule has 1 saturated carbocycles. The van der Waals surface area contributed by atoms with Gasteiger partial charge in [-0.1, -0.05) is 40.0 Å². The highest BCUT2D eigenvalue weighted by atomic mass is 15.2. The van der Waals surface area contributed by atoms with Crippen LogP contribution in [-0.4, -0.2) is 36.6 Å². The molecular formula is C17H34N2. The molecule has 1 N–H and O–H groups in total. The van der Waals surface area contributed by atoms with Gasteiger partial charge in [-0.2, -0.15) is 0 Å². The Kier molecular flexibility index (Phi) is 5.30. The molecule has 0 radical (unpaired) electrons. The predicted octanol–water partition coefficient (Wildman–Crippen LogP) is 3.67. The maximum absolute atomic E-state index is 3.76. The monoisotopic (exact) mass is 266 g/mol. The maximum Gasteiger partial charge on any atom is 0.0224 e. The van der Waals surface area contributed by atoms with Crippen LogP contribution in [0.1, 0.15) is 66.2 Å². The Morgan fingerprint density at radius 1 is 1.21 bits per heavy atom. The first kappa shape index (κ1) is 15.3. The summed E-state index contributed by atoms with van der Waals surface area (Å²) in [6.07, 6.45) is 8.43. The molecule has 0 aromatic rings. The van der Waals surface area contributed by atoms with Crippen molar-refractivity contribution in [2.75, 3.05) is 19.6 Å². The van der Waals surface area contributed by atoms with Crippen molar-refractivity contribution in [2.24, 2.45) is 11.3 Å². The molecular weight excluding hydrogens is 232 g/mol. The maximum atomic E-state index is 3.76. The van der Waals surface area contributed by atoms with E-state index < -0.39 is 0 Å². The first-order valence-electron chi connectivity index (χ1n) is 8.49. The van der Waals surface area contributed by atoms with Crippen LogP contribution in [0.3, 0.4) is 0 Å². The van der Waals surface area contributed by atoms with E-state index in [1.807, 2.05) is 0 Å². The molecule has 0 spiro atoms. The van der Waals surface area contributed by atoms with Crippen LogP contribution < -0.4 is 5.32 Å². The third-order valence-corrected chi connectivity index (χ3v) is 5.01. The highest BCUT2D eigenvalue weighted by Crippen LogP contribution is 2.35. The predicted molar refractivity (Wildman–Crippen MR) is 83.5 cm³/mol. The Balaban J connectivity index is 1.80. The van der Waals surface area contributed by atoms with Crippen molar-refractivity contribution in [1.82, 2.24) is 10.2 Å². The van der Waals surface area contributed by atoms with E-state index in [0.717, 1.165) is 12.0 Å². The summed E-state index contributed by atoms with van der Waals surface area (Å²) in [4.78, 5) is 2.76. The van der Waals surface area contributed by atoms with E-state index >= 15 is 0 Å². The summed E-state index contributed by atoms with van der Waals surface area (Å²) in [6.45, 7) is 13.4. The Labute approximate surface area is 120 Å². The second-order valence-corrected chi connectivity index (χ2v) is 7.75. The smallest absolute Gasteiger partial charge is 0.0224 e. The third-order valence-electron chi connectivity index (χ3n) is 5.01. The fourth-order valence-electron chi connectivity index (χ4n) is 3.47. The van der Waals surface area contributed by atoms with Crippen LogP contribution in [0.4, 0.5) is 0 Å². The van der Waals surface area contributed by atoms with E-state index in [2.05, 4.69) is 37.9 Å². The fourth-order valence-corrected chi connectivity index (χ4v) is 3.47. The van der Waals surface area contributed by atoms with Crippen molar-refractivity contribution < 1.29 is 0 Å². The molecule has 1 aliphatic carbocycles. The number of nitrogens with zero attached hydrogens (tertiary/aromatic N) is 1. The quantitative estimate of drug-likeness (QED) is 0.707. The molecule has 2 heteroatoms. The molecule has 1 heterocycles. The summed E-state index contributed by atoms with van der Waals surface area (Å²) in [5.41, 5.74) is 0.481. The number of nitrogens with one attached hydrogen (secondary N) is 1. The van der Waals surface area contributed by atoms with Gasteiger partial charge < -0.3 is 5.32 Å². The highest BCUT2D eigenvalue weighted by molar-refractivity contribution is 4.94. The van der Waals surface area contributed by atoms with Gasteiger partial charge in [0.25, 0.3) is 0 Å². The first-order chi connectivity index (χ1) is 9.02. The van der Waals surface area contributed by atoms with E-state index in [9.17, 15) is 0 Å². The summed E-state index contributed by atoms with van der Waals surface area (Å²) >= 11 is 0. The lowest BCUT2D eigenvalue weighted by atomic mass is 9.85. The minimum atomic E-state index is 0.481. The molecule has 112 valence electrons. The number of unbranched alkanes of at least 4 members (excludes halogenated alkanes) is 2. The lowest BCUT2D eigenvalue weighted by Gasteiger charge is -2.43. The van der Waals surface area contributed by atoms with E-state index in [1.165, 1.54) is 58.2 Å².